The van der Waals surface area contributed by atoms with Gasteiger partial charge in [-0.3, -0.25) is 4.79 Å². The zero-order valence-corrected chi connectivity index (χ0v) is 51.1. The van der Waals surface area contributed by atoms with E-state index in [1.54, 1.807) is 6.08 Å². The summed E-state index contributed by atoms with van der Waals surface area (Å²) in [6, 6.07) is -0.929. The summed E-state index contributed by atoms with van der Waals surface area (Å²) >= 11 is 0. The van der Waals surface area contributed by atoms with E-state index in [0.29, 0.717) is 6.42 Å². The molecule has 9 N–H and O–H groups in total. The van der Waals surface area contributed by atoms with Crippen LogP contribution in [0.4, 0.5) is 0 Å². The molecule has 0 saturated carbocycles. The molecule has 0 aromatic heterocycles. The number of aliphatic hydroxyl groups excluding tert-OH is 8. The number of ether oxygens (including phenoxy) is 4. The fraction of sp³-hybridized carbons (Fsp3) is 0.696. The number of hydrogen-bond acceptors (Lipinski definition) is 13. The van der Waals surface area contributed by atoms with E-state index in [2.05, 4.69) is 129 Å². The summed E-state index contributed by atoms with van der Waals surface area (Å²) in [7, 11) is 0. The Morgan fingerprint density at radius 3 is 1.28 bits per heavy atom. The molecule has 0 aromatic rings. The molecule has 474 valence electrons. The van der Waals surface area contributed by atoms with Crippen molar-refractivity contribution < 1.29 is 64.6 Å². The molecule has 83 heavy (non-hydrogen) atoms. The summed E-state index contributed by atoms with van der Waals surface area (Å²) in [5.41, 5.74) is 0. The highest BCUT2D eigenvalue weighted by molar-refractivity contribution is 5.76. The van der Waals surface area contributed by atoms with Gasteiger partial charge in [-0.05, 0) is 89.9 Å². The molecule has 0 spiro atoms. The topological polar surface area (TPSA) is 228 Å². The number of hydrogen-bond donors (Lipinski definition) is 9. The van der Waals surface area contributed by atoms with E-state index in [4.69, 9.17) is 18.9 Å². The second kappa shape index (κ2) is 52.7. The lowest BCUT2D eigenvalue weighted by Gasteiger charge is -2.46. The van der Waals surface area contributed by atoms with Gasteiger partial charge in [-0.2, -0.15) is 0 Å². The number of carbonyl (C=O) groups is 1. The molecule has 0 aliphatic carbocycles. The van der Waals surface area contributed by atoms with E-state index in [0.717, 1.165) is 122 Å². The monoisotopic (exact) mass is 1170 g/mol. The predicted octanol–water partition coefficient (Wildman–Crippen LogP) is 12.2. The maximum absolute atomic E-state index is 13.3. The molecule has 14 heteroatoms. The SMILES string of the molecule is CC/C=C\C/C=C\C/C=C\C/C=C\C/C=C\C/C=C\C/C=C\C/C=C\C/C=C\CCCCCCCCCC(=O)NC(COC1OC(CO)C(OC2OC(CO)C(O)C(O)C2O)C(O)C1O)C(O)/C=C/CCCCCCCCCCCCCC. The normalized spacial score (nSPS) is 24.7. The Morgan fingerprint density at radius 2 is 0.831 bits per heavy atom. The fourth-order valence-corrected chi connectivity index (χ4v) is 9.75. The molecule has 2 aliphatic heterocycles. The van der Waals surface area contributed by atoms with Gasteiger partial charge in [-0.15, -0.1) is 0 Å². The molecule has 0 bridgehead atoms. The van der Waals surface area contributed by atoms with Crippen LogP contribution < -0.4 is 5.32 Å². The lowest BCUT2D eigenvalue weighted by Crippen LogP contribution is -2.65. The number of unbranched alkanes of at least 4 members (excludes halogenated alkanes) is 19. The number of nitrogens with one attached hydrogen (secondary N) is 1. The maximum atomic E-state index is 13.3. The van der Waals surface area contributed by atoms with Gasteiger partial charge in [0.2, 0.25) is 5.91 Å². The molecule has 0 aromatic carbocycles. The molecular weight excluding hydrogens is 1050 g/mol. The highest BCUT2D eigenvalue weighted by Crippen LogP contribution is 2.30. The van der Waals surface area contributed by atoms with Crippen molar-refractivity contribution in [3.8, 4) is 0 Å². The highest BCUT2D eigenvalue weighted by Gasteiger charge is 2.51. The molecule has 1 amide bonds. The third kappa shape index (κ3) is 37.5. The Hall–Kier alpha value is -3.61. The van der Waals surface area contributed by atoms with Crippen LogP contribution >= 0.6 is 0 Å². The van der Waals surface area contributed by atoms with Gasteiger partial charge in [0.25, 0.3) is 0 Å². The summed E-state index contributed by atoms with van der Waals surface area (Å²) in [5, 5.41) is 87.1. The van der Waals surface area contributed by atoms with Gasteiger partial charge in [0, 0.05) is 6.42 Å². The van der Waals surface area contributed by atoms with Gasteiger partial charge in [-0.1, -0.05) is 238 Å². The average molecular weight is 1170 g/mol. The molecule has 12 atom stereocenters. The highest BCUT2D eigenvalue weighted by atomic mass is 16.7. The minimum atomic E-state index is -1.79. The Kier molecular flexibility index (Phi) is 47.9. The van der Waals surface area contributed by atoms with E-state index in [1.807, 2.05) is 6.08 Å². The second-order valence-corrected chi connectivity index (χ2v) is 22.2. The fourth-order valence-electron chi connectivity index (χ4n) is 9.75. The first-order valence-corrected chi connectivity index (χ1v) is 32.3. The first-order chi connectivity index (χ1) is 40.6. The number of carbonyl (C=O) groups excluding carboxylic acids is 1. The third-order valence-corrected chi connectivity index (χ3v) is 14.9. The van der Waals surface area contributed by atoms with E-state index in [9.17, 15) is 45.6 Å². The molecule has 2 aliphatic rings. The Morgan fingerprint density at radius 1 is 0.446 bits per heavy atom. The van der Waals surface area contributed by atoms with Gasteiger partial charge in [0.05, 0.1) is 32.0 Å². The van der Waals surface area contributed by atoms with Crippen LogP contribution in [0.3, 0.4) is 0 Å². The largest absolute Gasteiger partial charge is 0.394 e. The van der Waals surface area contributed by atoms with Crippen LogP contribution in [0.25, 0.3) is 0 Å². The van der Waals surface area contributed by atoms with Crippen LogP contribution in [0, 0.1) is 0 Å². The molecule has 2 fully saturated rings. The van der Waals surface area contributed by atoms with Crippen LogP contribution in [-0.2, 0) is 23.7 Å². The molecule has 12 unspecified atom stereocenters. The minimum Gasteiger partial charge on any atom is -0.394 e. The number of allylic oxidation sites excluding steroid dienone is 19. The van der Waals surface area contributed by atoms with Gasteiger partial charge in [0.15, 0.2) is 12.6 Å². The third-order valence-electron chi connectivity index (χ3n) is 14.9. The van der Waals surface area contributed by atoms with E-state index in [-0.39, 0.29) is 18.9 Å². The second-order valence-electron chi connectivity index (χ2n) is 22.2. The first-order valence-electron chi connectivity index (χ1n) is 32.3. The smallest absolute Gasteiger partial charge is 0.220 e. The molecular formula is C69H115NO13. The van der Waals surface area contributed by atoms with Crippen molar-refractivity contribution in [1.29, 1.82) is 0 Å². The van der Waals surface area contributed by atoms with Gasteiger partial charge >= 0.3 is 0 Å². The standard InChI is InChI=1S/C69H115NO13/c1-3-5-7-9-11-13-15-17-19-20-21-22-23-24-25-26-27-28-29-30-31-32-33-34-35-36-37-38-39-41-43-45-47-49-51-53-61(74)70-57(58(73)52-50-48-46-44-42-40-18-16-14-12-10-8-6-4-2)56-80-68-66(79)64(77)67(60(55-72)82-68)83-69-65(78)63(76)62(75)59(54-71)81-69/h5,7,11,13,17,19,21-22,24-25,27-28,30-31,33-34,36-37,50,52,57-60,62-69,71-73,75-79H,3-4,6,8-10,12,14-16,18,20,23,26,29,32,35,38-49,51,53-56H2,1-2H3,(H,70,74)/b7-5-,13-11-,19-17-,22-21-,25-24-,28-27-,31-30-,34-33-,37-36-,52-50+. The summed E-state index contributed by atoms with van der Waals surface area (Å²) in [5.74, 6) is -0.256. The van der Waals surface area contributed by atoms with Crippen LogP contribution in [-0.4, -0.2) is 140 Å². The van der Waals surface area contributed by atoms with Gasteiger partial charge < -0.3 is 65.1 Å². The predicted molar refractivity (Wildman–Crippen MR) is 336 cm³/mol. The van der Waals surface area contributed by atoms with Crippen LogP contribution in [0.15, 0.2) is 122 Å². The molecule has 2 saturated heterocycles. The quantitative estimate of drug-likeness (QED) is 0.0204. The summed E-state index contributed by atoms with van der Waals surface area (Å²) in [6.45, 7) is 2.66. The van der Waals surface area contributed by atoms with Crippen molar-refractivity contribution in [2.24, 2.45) is 0 Å². The zero-order chi connectivity index (χ0) is 60.2. The molecule has 2 heterocycles. The lowest BCUT2D eigenvalue weighted by molar-refractivity contribution is -0.359. The molecule has 2 rings (SSSR count). The summed E-state index contributed by atoms with van der Waals surface area (Å²) in [6.07, 6.45) is 59.5. The Bertz CT molecular complexity index is 1850. The van der Waals surface area contributed by atoms with Crippen molar-refractivity contribution in [1.82, 2.24) is 5.32 Å². The average Bonchev–Trinajstić information content (AvgIpc) is 3.64. The van der Waals surface area contributed by atoms with Crippen LogP contribution in [0.5, 0.6) is 0 Å². The zero-order valence-electron chi connectivity index (χ0n) is 51.1. The van der Waals surface area contributed by atoms with E-state index in [1.165, 1.54) is 64.2 Å². The van der Waals surface area contributed by atoms with Gasteiger partial charge in [0.1, 0.15) is 48.8 Å². The van der Waals surface area contributed by atoms with Crippen molar-refractivity contribution >= 4 is 5.91 Å². The molecule has 14 nitrogen and oxygen atoms in total. The van der Waals surface area contributed by atoms with E-state index < -0.39 is 86.8 Å². The number of aliphatic hydroxyl groups is 8. The lowest BCUT2D eigenvalue weighted by atomic mass is 9.97. The van der Waals surface area contributed by atoms with Crippen molar-refractivity contribution in [3.63, 3.8) is 0 Å². The Labute approximate surface area is 501 Å². The van der Waals surface area contributed by atoms with Crippen LogP contribution in [0.1, 0.15) is 213 Å². The minimum absolute atomic E-state index is 0.256. The van der Waals surface area contributed by atoms with Crippen molar-refractivity contribution in [3.05, 3.63) is 122 Å². The summed E-state index contributed by atoms with van der Waals surface area (Å²) < 4.78 is 22.8. The maximum Gasteiger partial charge on any atom is 0.220 e. The summed E-state index contributed by atoms with van der Waals surface area (Å²) in [4.78, 5) is 13.3. The van der Waals surface area contributed by atoms with Crippen molar-refractivity contribution in [2.75, 3.05) is 19.8 Å². The number of amides is 1. The van der Waals surface area contributed by atoms with Gasteiger partial charge in [-0.25, -0.2) is 0 Å². The van der Waals surface area contributed by atoms with Crippen molar-refractivity contribution in [2.45, 2.75) is 286 Å². The number of rotatable bonds is 50. The molecule has 0 radical (unpaired) electrons. The van der Waals surface area contributed by atoms with Crippen LogP contribution in [0.2, 0.25) is 0 Å². The first kappa shape index (κ1) is 75.5. The van der Waals surface area contributed by atoms with E-state index >= 15 is 0 Å². The Balaban J connectivity index is 1.68.